The summed E-state index contributed by atoms with van der Waals surface area (Å²) in [4.78, 5) is 11.5. The summed E-state index contributed by atoms with van der Waals surface area (Å²) in [6.45, 7) is 1.86. The molecular weight excluding hydrogens is 307 g/mol. The number of halogens is 2. The third-order valence-corrected chi connectivity index (χ3v) is 3.48. The summed E-state index contributed by atoms with van der Waals surface area (Å²) in [5.41, 5.74) is 1.45. The van der Waals surface area contributed by atoms with Crippen molar-refractivity contribution < 1.29 is 13.9 Å². The number of hydrogen-bond acceptors (Lipinski definition) is 3. The molecule has 1 heterocycles. The van der Waals surface area contributed by atoms with Gasteiger partial charge in [0.05, 0.1) is 22.8 Å². The van der Waals surface area contributed by atoms with E-state index in [1.54, 1.807) is 19.2 Å². The number of fused-ring (bicyclic) bond motifs is 1. The standard InChI is InChI=1S/C12H10BrClO3/c1-6-3-9-7(12(16-2)11(6)14)4-10(17-9)8(15)5-13/h3-4H,5H2,1-2H3. The van der Waals surface area contributed by atoms with Crippen LogP contribution in [0.3, 0.4) is 0 Å². The first-order valence-electron chi connectivity index (χ1n) is 4.94. The second-order valence-electron chi connectivity index (χ2n) is 3.62. The van der Waals surface area contributed by atoms with E-state index in [0.717, 1.165) is 5.56 Å². The number of alkyl halides is 1. The van der Waals surface area contributed by atoms with Gasteiger partial charge in [-0.2, -0.15) is 0 Å². The van der Waals surface area contributed by atoms with Gasteiger partial charge in [0.25, 0.3) is 0 Å². The molecule has 0 saturated heterocycles. The number of furan rings is 1. The summed E-state index contributed by atoms with van der Waals surface area (Å²) in [6, 6.07) is 3.45. The van der Waals surface area contributed by atoms with Gasteiger partial charge in [-0.15, -0.1) is 0 Å². The molecule has 0 amide bonds. The van der Waals surface area contributed by atoms with Crippen molar-refractivity contribution in [1.82, 2.24) is 0 Å². The first-order valence-corrected chi connectivity index (χ1v) is 6.44. The highest BCUT2D eigenvalue weighted by molar-refractivity contribution is 9.09. The number of carbonyl (C=O) groups excluding carboxylic acids is 1. The third-order valence-electron chi connectivity index (χ3n) is 2.50. The molecular formula is C12H10BrClO3. The van der Waals surface area contributed by atoms with E-state index in [-0.39, 0.29) is 11.1 Å². The minimum atomic E-state index is -0.114. The van der Waals surface area contributed by atoms with Crippen molar-refractivity contribution in [2.75, 3.05) is 12.4 Å². The van der Waals surface area contributed by atoms with Crippen LogP contribution in [0.2, 0.25) is 5.02 Å². The summed E-state index contributed by atoms with van der Waals surface area (Å²) < 4.78 is 10.7. The van der Waals surface area contributed by atoms with Crippen molar-refractivity contribution in [3.8, 4) is 5.75 Å². The SMILES string of the molecule is COc1c(Cl)c(C)cc2oc(C(=O)CBr)cc12. The molecule has 90 valence electrons. The zero-order valence-electron chi connectivity index (χ0n) is 9.34. The second-order valence-corrected chi connectivity index (χ2v) is 4.56. The molecule has 0 N–H and O–H groups in total. The van der Waals surface area contributed by atoms with Crippen molar-refractivity contribution in [1.29, 1.82) is 0 Å². The number of hydrogen-bond donors (Lipinski definition) is 0. The topological polar surface area (TPSA) is 39.4 Å². The van der Waals surface area contributed by atoms with E-state index >= 15 is 0 Å². The van der Waals surface area contributed by atoms with Crippen LogP contribution in [-0.4, -0.2) is 18.2 Å². The molecule has 0 aliphatic heterocycles. The van der Waals surface area contributed by atoms with Crippen LogP contribution >= 0.6 is 27.5 Å². The second kappa shape index (κ2) is 4.70. The van der Waals surface area contributed by atoms with Gasteiger partial charge in [0, 0.05) is 0 Å². The molecule has 1 aromatic carbocycles. The lowest BCUT2D eigenvalue weighted by Gasteiger charge is -2.05. The average Bonchev–Trinajstić information content (AvgIpc) is 2.73. The Hall–Kier alpha value is -1.00. The van der Waals surface area contributed by atoms with E-state index in [4.69, 9.17) is 20.8 Å². The number of ether oxygens (including phenoxy) is 1. The molecule has 3 nitrogen and oxygen atoms in total. The van der Waals surface area contributed by atoms with E-state index in [2.05, 4.69) is 15.9 Å². The van der Waals surface area contributed by atoms with Gasteiger partial charge in [-0.05, 0) is 24.6 Å². The number of aryl methyl sites for hydroxylation is 1. The Bertz CT molecular complexity index is 589. The lowest BCUT2D eigenvalue weighted by molar-refractivity contribution is 0.0995. The van der Waals surface area contributed by atoms with E-state index in [9.17, 15) is 4.79 Å². The zero-order valence-corrected chi connectivity index (χ0v) is 11.7. The molecule has 1 aromatic heterocycles. The summed E-state index contributed by atoms with van der Waals surface area (Å²) in [5, 5.41) is 1.48. The predicted molar refractivity (Wildman–Crippen MR) is 70.6 cm³/mol. The van der Waals surface area contributed by atoms with Gasteiger partial charge in [-0.1, -0.05) is 27.5 Å². The Morgan fingerprint density at radius 3 is 2.82 bits per heavy atom. The maximum Gasteiger partial charge on any atom is 0.208 e. The first kappa shape index (κ1) is 12.5. The molecule has 0 spiro atoms. The van der Waals surface area contributed by atoms with Crippen LogP contribution in [-0.2, 0) is 0 Å². The third kappa shape index (κ3) is 2.07. The number of rotatable bonds is 3. The highest BCUT2D eigenvalue weighted by Crippen LogP contribution is 2.37. The Kier molecular flexibility index (Phi) is 3.45. The van der Waals surface area contributed by atoms with E-state index in [1.165, 1.54) is 0 Å². The van der Waals surface area contributed by atoms with Gasteiger partial charge in [-0.25, -0.2) is 0 Å². The van der Waals surface area contributed by atoms with Gasteiger partial charge in [0.2, 0.25) is 5.78 Å². The summed E-state index contributed by atoms with van der Waals surface area (Å²) in [5.74, 6) is 0.730. The maximum absolute atomic E-state index is 11.5. The largest absolute Gasteiger partial charge is 0.494 e. The van der Waals surface area contributed by atoms with Crippen LogP contribution in [0.1, 0.15) is 16.1 Å². The average molecular weight is 318 g/mol. The lowest BCUT2D eigenvalue weighted by atomic mass is 10.1. The van der Waals surface area contributed by atoms with E-state index in [0.29, 0.717) is 27.5 Å². The molecule has 0 saturated carbocycles. The summed E-state index contributed by atoms with van der Waals surface area (Å²) in [7, 11) is 1.54. The van der Waals surface area contributed by atoms with Crippen LogP contribution < -0.4 is 4.74 Å². The molecule has 0 fully saturated rings. The van der Waals surface area contributed by atoms with Crippen LogP contribution in [0.25, 0.3) is 11.0 Å². The maximum atomic E-state index is 11.5. The number of benzene rings is 1. The van der Waals surface area contributed by atoms with Crippen molar-refractivity contribution >= 4 is 44.3 Å². The normalized spacial score (nSPS) is 10.8. The fourth-order valence-electron chi connectivity index (χ4n) is 1.65. The van der Waals surface area contributed by atoms with Gasteiger partial charge in [0.15, 0.2) is 5.76 Å². The Morgan fingerprint density at radius 1 is 1.53 bits per heavy atom. The van der Waals surface area contributed by atoms with Gasteiger partial charge in [-0.3, -0.25) is 4.79 Å². The molecule has 2 aromatic rings. The number of ketones is 1. The first-order chi connectivity index (χ1) is 8.08. The molecule has 17 heavy (non-hydrogen) atoms. The summed E-state index contributed by atoms with van der Waals surface area (Å²) in [6.07, 6.45) is 0. The molecule has 0 radical (unpaired) electrons. The number of carbonyl (C=O) groups is 1. The molecule has 2 rings (SSSR count). The van der Waals surface area contributed by atoms with Crippen LogP contribution in [0, 0.1) is 6.92 Å². The van der Waals surface area contributed by atoms with Crippen LogP contribution in [0.5, 0.6) is 5.75 Å². The fraction of sp³-hybridized carbons (Fsp3) is 0.250. The van der Waals surface area contributed by atoms with Gasteiger partial charge >= 0.3 is 0 Å². The minimum absolute atomic E-state index is 0.114. The van der Waals surface area contributed by atoms with E-state index < -0.39 is 0 Å². The molecule has 0 aliphatic rings. The van der Waals surface area contributed by atoms with Gasteiger partial charge in [0.1, 0.15) is 11.3 Å². The van der Waals surface area contributed by atoms with Crippen molar-refractivity contribution in [3.05, 3.63) is 28.5 Å². The van der Waals surface area contributed by atoms with E-state index in [1.807, 2.05) is 6.92 Å². The summed E-state index contributed by atoms with van der Waals surface area (Å²) >= 11 is 9.24. The molecule has 0 aliphatic carbocycles. The van der Waals surface area contributed by atoms with Crippen LogP contribution in [0.15, 0.2) is 16.5 Å². The molecule has 0 atom stereocenters. The van der Waals surface area contributed by atoms with Crippen molar-refractivity contribution in [2.45, 2.75) is 6.92 Å². The monoisotopic (exact) mass is 316 g/mol. The minimum Gasteiger partial charge on any atom is -0.494 e. The highest BCUT2D eigenvalue weighted by atomic mass is 79.9. The molecule has 0 bridgehead atoms. The smallest absolute Gasteiger partial charge is 0.208 e. The Morgan fingerprint density at radius 2 is 2.24 bits per heavy atom. The Labute approximate surface area is 112 Å². The quantitative estimate of drug-likeness (QED) is 0.635. The number of methoxy groups -OCH3 is 1. The Balaban J connectivity index is 2.72. The highest BCUT2D eigenvalue weighted by Gasteiger charge is 2.17. The molecule has 0 unspecified atom stereocenters. The lowest BCUT2D eigenvalue weighted by Crippen LogP contribution is -1.96. The van der Waals surface area contributed by atoms with Gasteiger partial charge < -0.3 is 9.15 Å². The van der Waals surface area contributed by atoms with Crippen molar-refractivity contribution in [2.24, 2.45) is 0 Å². The zero-order chi connectivity index (χ0) is 12.6. The number of Topliss-reactive ketones (excluding diaryl/α,β-unsaturated/α-hetero) is 1. The van der Waals surface area contributed by atoms with Crippen LogP contribution in [0.4, 0.5) is 0 Å². The predicted octanol–water partition coefficient (Wildman–Crippen LogP) is 3.98. The molecule has 5 heteroatoms. The fourth-order valence-corrected chi connectivity index (χ4v) is 2.16. The van der Waals surface area contributed by atoms with Crippen molar-refractivity contribution in [3.63, 3.8) is 0 Å².